The van der Waals surface area contributed by atoms with Crippen LogP contribution in [0.3, 0.4) is 0 Å². The van der Waals surface area contributed by atoms with Crippen LogP contribution in [0.2, 0.25) is 10.0 Å². The molecule has 2 amide bonds. The molecule has 18 heteroatoms. The summed E-state index contributed by atoms with van der Waals surface area (Å²) in [7, 11) is 0. The van der Waals surface area contributed by atoms with Crippen molar-refractivity contribution in [3.8, 4) is 28.1 Å². The molecule has 2 aliphatic heterocycles. The van der Waals surface area contributed by atoms with E-state index in [1.54, 1.807) is 28.0 Å². The Morgan fingerprint density at radius 1 is 0.806 bits per heavy atom. The highest BCUT2D eigenvalue weighted by Crippen LogP contribution is 2.42. The van der Waals surface area contributed by atoms with E-state index in [0.717, 1.165) is 73.8 Å². The number of carbonyl (C=O) groups is 2. The first-order chi connectivity index (χ1) is 34.9. The molecule has 1 aliphatic carbocycles. The summed E-state index contributed by atoms with van der Waals surface area (Å²) in [5.74, 6) is 0.180. The first kappa shape index (κ1) is 46.7. The molecule has 0 unspecified atom stereocenters. The highest BCUT2D eigenvalue weighted by molar-refractivity contribution is 6.35. The smallest absolute Gasteiger partial charge is 0.351 e. The molecule has 0 spiro atoms. The molecule has 1 saturated carbocycles. The van der Waals surface area contributed by atoms with Gasteiger partial charge in [-0.05, 0) is 96.5 Å². The molecule has 0 atom stereocenters. The van der Waals surface area contributed by atoms with E-state index < -0.39 is 11.5 Å². The van der Waals surface area contributed by atoms with Crippen LogP contribution in [0.1, 0.15) is 35.2 Å². The van der Waals surface area contributed by atoms with Gasteiger partial charge in [-0.1, -0.05) is 66.2 Å². The Hall–Kier alpha value is -7.69. The molecular formula is C54H48Cl2FN11O4. The Morgan fingerprint density at radius 3 is 2.22 bits per heavy atom. The number of fused-ring (bicyclic) bond motifs is 3. The Morgan fingerprint density at radius 2 is 1.51 bits per heavy atom. The van der Waals surface area contributed by atoms with Gasteiger partial charge in [-0.3, -0.25) is 19.3 Å². The number of aryl methyl sites for hydroxylation is 1. The zero-order valence-corrected chi connectivity index (χ0v) is 40.8. The Kier molecular flexibility index (Phi) is 12.4. The van der Waals surface area contributed by atoms with Gasteiger partial charge in [0.1, 0.15) is 23.0 Å². The minimum absolute atomic E-state index is 0.0350. The lowest BCUT2D eigenvalue weighted by Gasteiger charge is -2.35. The summed E-state index contributed by atoms with van der Waals surface area (Å²) in [6, 6.07) is 21.7. The molecule has 2 N–H and O–H groups in total. The number of aromatic nitrogens is 7. The van der Waals surface area contributed by atoms with Crippen molar-refractivity contribution < 1.29 is 19.1 Å². The van der Waals surface area contributed by atoms with E-state index in [1.165, 1.54) is 28.8 Å². The van der Waals surface area contributed by atoms with E-state index in [-0.39, 0.29) is 33.8 Å². The number of hydrogen-bond acceptors (Lipinski definition) is 11. The first-order valence-electron chi connectivity index (χ1n) is 23.9. The molecule has 3 aliphatic rings. The third-order valence-electron chi connectivity index (χ3n) is 14.0. The Balaban J connectivity index is 0.804. The van der Waals surface area contributed by atoms with Crippen molar-refractivity contribution in [3.63, 3.8) is 0 Å². The second kappa shape index (κ2) is 19.1. The number of hydrogen-bond donors (Lipinski definition) is 2. The van der Waals surface area contributed by atoms with Crippen molar-refractivity contribution in [1.29, 1.82) is 0 Å². The van der Waals surface area contributed by atoms with Crippen LogP contribution in [-0.4, -0.2) is 114 Å². The lowest BCUT2D eigenvalue weighted by atomic mass is 9.94. The van der Waals surface area contributed by atoms with Gasteiger partial charge in [-0.25, -0.2) is 14.2 Å². The molecule has 6 heterocycles. The van der Waals surface area contributed by atoms with Gasteiger partial charge in [-0.2, -0.15) is 15.2 Å². The predicted octanol–water partition coefficient (Wildman–Crippen LogP) is 8.60. The summed E-state index contributed by atoms with van der Waals surface area (Å²) in [5, 5.41) is 31.5. The van der Waals surface area contributed by atoms with Gasteiger partial charge >= 0.3 is 5.69 Å². The quantitative estimate of drug-likeness (QED) is 0.119. The fourth-order valence-electron chi connectivity index (χ4n) is 9.91. The number of anilines is 2. The molecule has 0 radical (unpaired) electrons. The maximum atomic E-state index is 15.0. The summed E-state index contributed by atoms with van der Waals surface area (Å²) in [6.45, 7) is 9.91. The van der Waals surface area contributed by atoms with Crippen molar-refractivity contribution in [2.24, 2.45) is 5.92 Å². The van der Waals surface area contributed by atoms with Gasteiger partial charge < -0.3 is 24.7 Å². The zero-order valence-electron chi connectivity index (χ0n) is 39.3. The van der Waals surface area contributed by atoms with Crippen molar-refractivity contribution in [2.45, 2.75) is 32.7 Å². The molecule has 4 aromatic carbocycles. The van der Waals surface area contributed by atoms with Crippen LogP contribution in [0.4, 0.5) is 16.0 Å². The van der Waals surface area contributed by atoms with Crippen molar-refractivity contribution in [3.05, 3.63) is 146 Å². The van der Waals surface area contributed by atoms with E-state index in [0.29, 0.717) is 93.1 Å². The fraction of sp³-hybridized carbons (Fsp3) is 0.259. The van der Waals surface area contributed by atoms with Gasteiger partial charge in [0.25, 0.3) is 0 Å². The van der Waals surface area contributed by atoms with E-state index in [1.807, 2.05) is 47.5 Å². The second-order valence-corrected chi connectivity index (χ2v) is 19.4. The van der Waals surface area contributed by atoms with Crippen LogP contribution in [0, 0.1) is 18.7 Å². The number of halogens is 3. The minimum Gasteiger partial charge on any atom is -0.507 e. The molecule has 4 aromatic heterocycles. The maximum absolute atomic E-state index is 15.0. The molecule has 364 valence electrons. The molecule has 0 bridgehead atoms. The number of aromatic hydroxyl groups is 1. The standard InChI is InChI=1S/C54H48Cl2FN11O4/c1-3-46(70)64-17-23-67(24-18-64)53-36-26-37(48-31(2)7-15-43-39(48)29-58-61-43)40(55)27-35(36)44(62-63-53)25-33-10-8-32(9-11-33)14-16-47(71)65-19-21-66(22-20-65)51-38-28-41(56)50(49-42(57)5-4-6-45(49)69)59-52(38)68(54(72)60-51)30-34-12-13-34/h3-11,14-16,26-29,34,69H,1,12-13,17-25,30H2,2H3,(H,58,61)/b16-14-. The van der Waals surface area contributed by atoms with Gasteiger partial charge in [0.2, 0.25) is 11.8 Å². The lowest BCUT2D eigenvalue weighted by molar-refractivity contribution is -0.127. The lowest BCUT2D eigenvalue weighted by Crippen LogP contribution is -2.49. The number of phenolic OH excluding ortho intramolecular Hbond substituents is 1. The van der Waals surface area contributed by atoms with Gasteiger partial charge in [0, 0.05) is 98.1 Å². The van der Waals surface area contributed by atoms with Gasteiger partial charge in [0.05, 0.1) is 39.1 Å². The van der Waals surface area contributed by atoms with E-state index >= 15 is 4.39 Å². The summed E-state index contributed by atoms with van der Waals surface area (Å²) < 4.78 is 16.6. The van der Waals surface area contributed by atoms with E-state index in [9.17, 15) is 19.5 Å². The molecular weight excluding hydrogens is 957 g/mol. The molecule has 72 heavy (non-hydrogen) atoms. The monoisotopic (exact) mass is 1000 g/mol. The number of aromatic amines is 1. The van der Waals surface area contributed by atoms with Crippen molar-refractivity contribution in [2.75, 3.05) is 62.2 Å². The summed E-state index contributed by atoms with van der Waals surface area (Å²) in [6.07, 6.45) is 8.96. The number of nitrogens with zero attached hydrogens (tertiary/aromatic N) is 10. The third-order valence-corrected chi connectivity index (χ3v) is 14.6. The highest BCUT2D eigenvalue weighted by atomic mass is 35.5. The van der Waals surface area contributed by atoms with Crippen molar-refractivity contribution >= 4 is 85.4 Å². The second-order valence-electron chi connectivity index (χ2n) is 18.6. The van der Waals surface area contributed by atoms with Crippen LogP contribution in [-0.2, 0) is 22.6 Å². The number of carbonyl (C=O) groups excluding carboxylic acids is 2. The first-order valence-corrected chi connectivity index (χ1v) is 24.7. The van der Waals surface area contributed by atoms with E-state index in [2.05, 4.69) is 45.7 Å². The molecule has 11 rings (SSSR count). The van der Waals surface area contributed by atoms with Crippen molar-refractivity contribution in [1.82, 2.24) is 44.7 Å². The average Bonchev–Trinajstić information content (AvgIpc) is 4.09. The minimum atomic E-state index is -0.688. The topological polar surface area (TPSA) is 170 Å². The van der Waals surface area contributed by atoms with Gasteiger partial charge in [-0.15, -0.1) is 5.10 Å². The van der Waals surface area contributed by atoms with E-state index in [4.69, 9.17) is 38.4 Å². The van der Waals surface area contributed by atoms with Crippen LogP contribution < -0.4 is 15.5 Å². The van der Waals surface area contributed by atoms with Crippen LogP contribution in [0.5, 0.6) is 5.75 Å². The normalized spacial score (nSPS) is 15.4. The maximum Gasteiger partial charge on any atom is 0.351 e. The van der Waals surface area contributed by atoms with Crippen LogP contribution >= 0.6 is 23.2 Å². The number of benzene rings is 4. The SMILES string of the molecule is C=CC(=O)N1CCN(c2nnc(Cc3ccc(/C=C\C(=O)N4CCN(c5nc(=O)n(CC6CC6)c6nc(-c7c(O)cccc7F)c(Cl)cc56)CC4)cc3)c3cc(Cl)c(-c4c(C)ccc5[nH]ncc45)cc23)CC1. The van der Waals surface area contributed by atoms with Gasteiger partial charge in [0.15, 0.2) is 5.82 Å². The molecule has 8 aromatic rings. The number of pyridine rings is 1. The zero-order chi connectivity index (χ0) is 49.8. The molecule has 3 fully saturated rings. The Labute approximate surface area is 422 Å². The Bertz CT molecular complexity index is 3560. The third kappa shape index (κ3) is 8.89. The van der Waals surface area contributed by atoms with Crippen LogP contribution in [0.15, 0.2) is 103 Å². The predicted molar refractivity (Wildman–Crippen MR) is 279 cm³/mol. The number of amides is 2. The average molecular weight is 1000 g/mol. The highest BCUT2D eigenvalue weighted by Gasteiger charge is 2.30. The number of phenols is 1. The number of piperazine rings is 2. The summed E-state index contributed by atoms with van der Waals surface area (Å²) >= 11 is 13.9. The number of nitrogens with one attached hydrogen (secondary N) is 1. The molecule has 2 saturated heterocycles. The number of H-pyrrole nitrogens is 1. The summed E-state index contributed by atoms with van der Waals surface area (Å²) in [5.41, 5.74) is 6.14. The fourth-order valence-corrected chi connectivity index (χ4v) is 10.4. The number of rotatable bonds is 11. The largest absolute Gasteiger partial charge is 0.507 e. The summed E-state index contributed by atoms with van der Waals surface area (Å²) in [4.78, 5) is 56.5. The molecule has 15 nitrogen and oxygen atoms in total. The van der Waals surface area contributed by atoms with Crippen LogP contribution in [0.25, 0.3) is 61.2 Å².